The summed E-state index contributed by atoms with van der Waals surface area (Å²) < 4.78 is 11.0. The van der Waals surface area contributed by atoms with Gasteiger partial charge in [0.1, 0.15) is 18.2 Å². The van der Waals surface area contributed by atoms with Crippen LogP contribution in [0.25, 0.3) is 0 Å². The number of amides is 2. The quantitative estimate of drug-likeness (QED) is 0.919. The van der Waals surface area contributed by atoms with Crippen LogP contribution in [0.1, 0.15) is 6.42 Å². The lowest BCUT2D eigenvalue weighted by Crippen LogP contribution is -2.34. The van der Waals surface area contributed by atoms with Crippen LogP contribution >= 0.6 is 11.6 Å². The van der Waals surface area contributed by atoms with Gasteiger partial charge in [0, 0.05) is 30.3 Å². The summed E-state index contributed by atoms with van der Waals surface area (Å²) in [5.41, 5.74) is 0.537. The SMILES string of the molecule is COc1ccc(Cl)cc1NC(=O)N1CC[C@@H](Oc2ccncn2)C1. The minimum absolute atomic E-state index is 0.0908. The van der Waals surface area contributed by atoms with E-state index in [0.717, 1.165) is 6.42 Å². The smallest absolute Gasteiger partial charge is 0.322 e. The Morgan fingerprint density at radius 2 is 2.29 bits per heavy atom. The van der Waals surface area contributed by atoms with Crippen molar-refractivity contribution < 1.29 is 14.3 Å². The number of rotatable bonds is 4. The van der Waals surface area contributed by atoms with E-state index in [9.17, 15) is 4.79 Å². The second-order valence-electron chi connectivity index (χ2n) is 5.30. The largest absolute Gasteiger partial charge is 0.495 e. The third kappa shape index (κ3) is 3.86. The Balaban J connectivity index is 1.60. The first kappa shape index (κ1) is 16.3. The number of aromatic nitrogens is 2. The summed E-state index contributed by atoms with van der Waals surface area (Å²) in [6.45, 7) is 1.09. The molecule has 0 saturated carbocycles. The van der Waals surface area contributed by atoms with Crippen LogP contribution in [0.15, 0.2) is 36.8 Å². The van der Waals surface area contributed by atoms with Crippen molar-refractivity contribution in [3.8, 4) is 11.6 Å². The van der Waals surface area contributed by atoms with E-state index in [1.165, 1.54) is 6.33 Å². The lowest BCUT2D eigenvalue weighted by atomic mass is 10.3. The molecule has 126 valence electrons. The third-order valence-electron chi connectivity index (χ3n) is 3.68. The van der Waals surface area contributed by atoms with E-state index in [-0.39, 0.29) is 12.1 Å². The topological polar surface area (TPSA) is 76.6 Å². The van der Waals surface area contributed by atoms with Gasteiger partial charge in [0.25, 0.3) is 0 Å². The molecule has 1 aliphatic heterocycles. The van der Waals surface area contributed by atoms with Crippen LogP contribution in [0.2, 0.25) is 5.02 Å². The first-order valence-electron chi connectivity index (χ1n) is 7.48. The zero-order chi connectivity index (χ0) is 16.9. The highest BCUT2D eigenvalue weighted by molar-refractivity contribution is 6.31. The molecule has 2 aromatic rings. The molecule has 1 aliphatic rings. The van der Waals surface area contributed by atoms with Crippen LogP contribution in [0.3, 0.4) is 0 Å². The van der Waals surface area contributed by atoms with Gasteiger partial charge < -0.3 is 19.7 Å². The first-order valence-corrected chi connectivity index (χ1v) is 7.85. The highest BCUT2D eigenvalue weighted by Crippen LogP contribution is 2.28. The Morgan fingerprint density at radius 3 is 3.04 bits per heavy atom. The number of hydrogen-bond donors (Lipinski definition) is 1. The Morgan fingerprint density at radius 1 is 1.42 bits per heavy atom. The highest BCUT2D eigenvalue weighted by atomic mass is 35.5. The van der Waals surface area contributed by atoms with Crippen molar-refractivity contribution >= 4 is 23.3 Å². The molecule has 0 spiro atoms. The van der Waals surface area contributed by atoms with Crippen molar-refractivity contribution in [1.29, 1.82) is 0 Å². The molecular weight excluding hydrogens is 332 g/mol. The predicted molar refractivity (Wildman–Crippen MR) is 89.7 cm³/mol. The van der Waals surface area contributed by atoms with Gasteiger partial charge in [0.05, 0.1) is 19.3 Å². The lowest BCUT2D eigenvalue weighted by molar-refractivity contribution is 0.189. The molecule has 1 saturated heterocycles. The molecule has 1 aromatic heterocycles. The zero-order valence-corrected chi connectivity index (χ0v) is 13.9. The van der Waals surface area contributed by atoms with E-state index < -0.39 is 0 Å². The number of carbonyl (C=O) groups is 1. The summed E-state index contributed by atoms with van der Waals surface area (Å²) in [5.74, 6) is 1.06. The predicted octanol–water partition coefficient (Wildman–Crippen LogP) is 2.82. The Labute approximate surface area is 144 Å². The number of nitrogens with zero attached hydrogens (tertiary/aromatic N) is 3. The molecule has 1 N–H and O–H groups in total. The number of anilines is 1. The van der Waals surface area contributed by atoms with Crippen LogP contribution in [0.4, 0.5) is 10.5 Å². The normalized spacial score (nSPS) is 16.8. The van der Waals surface area contributed by atoms with Gasteiger partial charge in [0.15, 0.2) is 0 Å². The average Bonchev–Trinajstić information content (AvgIpc) is 3.05. The highest BCUT2D eigenvalue weighted by Gasteiger charge is 2.28. The number of carbonyl (C=O) groups excluding carboxylic acids is 1. The van der Waals surface area contributed by atoms with Crippen molar-refractivity contribution in [1.82, 2.24) is 14.9 Å². The molecule has 2 heterocycles. The van der Waals surface area contributed by atoms with Crippen LogP contribution in [0.5, 0.6) is 11.6 Å². The van der Waals surface area contributed by atoms with E-state index in [2.05, 4.69) is 15.3 Å². The fraction of sp³-hybridized carbons (Fsp3) is 0.312. The van der Waals surface area contributed by atoms with Gasteiger partial charge in [-0.3, -0.25) is 0 Å². The molecule has 0 radical (unpaired) electrons. The van der Waals surface area contributed by atoms with Crippen molar-refractivity contribution in [2.75, 3.05) is 25.5 Å². The molecule has 7 nitrogen and oxygen atoms in total. The Hall–Kier alpha value is -2.54. The zero-order valence-electron chi connectivity index (χ0n) is 13.1. The number of urea groups is 1. The van der Waals surface area contributed by atoms with Gasteiger partial charge in [-0.1, -0.05) is 11.6 Å². The molecule has 24 heavy (non-hydrogen) atoms. The minimum Gasteiger partial charge on any atom is -0.495 e. The van der Waals surface area contributed by atoms with Gasteiger partial charge in [-0.05, 0) is 18.2 Å². The molecule has 1 fully saturated rings. The van der Waals surface area contributed by atoms with Gasteiger partial charge in [-0.15, -0.1) is 0 Å². The maximum Gasteiger partial charge on any atom is 0.322 e. The summed E-state index contributed by atoms with van der Waals surface area (Å²) in [5, 5.41) is 3.35. The van der Waals surface area contributed by atoms with Crippen molar-refractivity contribution in [3.05, 3.63) is 41.8 Å². The van der Waals surface area contributed by atoms with E-state index in [1.54, 1.807) is 42.5 Å². The number of methoxy groups -OCH3 is 1. The van der Waals surface area contributed by atoms with Crippen molar-refractivity contribution in [2.45, 2.75) is 12.5 Å². The van der Waals surface area contributed by atoms with Crippen LogP contribution in [0, 0.1) is 0 Å². The standard InChI is InChI=1S/C16H17ClN4O3/c1-23-14-3-2-11(17)8-13(14)20-16(22)21-7-5-12(9-21)24-15-4-6-18-10-19-15/h2-4,6,8,10,12H,5,7,9H2,1H3,(H,20,22)/t12-/m1/s1. The lowest BCUT2D eigenvalue weighted by Gasteiger charge is -2.18. The third-order valence-corrected chi connectivity index (χ3v) is 3.91. The molecular formula is C16H17ClN4O3. The molecule has 0 unspecified atom stereocenters. The monoisotopic (exact) mass is 348 g/mol. The minimum atomic E-state index is -0.218. The molecule has 8 heteroatoms. The Kier molecular flexibility index (Phi) is 5.00. The van der Waals surface area contributed by atoms with E-state index >= 15 is 0 Å². The molecule has 0 aliphatic carbocycles. The number of hydrogen-bond acceptors (Lipinski definition) is 5. The molecule has 1 atom stereocenters. The van der Waals surface area contributed by atoms with Gasteiger partial charge in [-0.25, -0.2) is 14.8 Å². The second-order valence-corrected chi connectivity index (χ2v) is 5.73. The van der Waals surface area contributed by atoms with Crippen LogP contribution in [-0.2, 0) is 0 Å². The van der Waals surface area contributed by atoms with Gasteiger partial charge in [0.2, 0.25) is 5.88 Å². The first-order chi connectivity index (χ1) is 11.7. The summed E-state index contributed by atoms with van der Waals surface area (Å²) in [7, 11) is 1.54. The van der Waals surface area contributed by atoms with Gasteiger partial charge in [-0.2, -0.15) is 0 Å². The average molecular weight is 349 g/mol. The van der Waals surface area contributed by atoms with E-state index in [1.807, 2.05) is 0 Å². The summed E-state index contributed by atoms with van der Waals surface area (Å²) in [6.07, 6.45) is 3.70. The fourth-order valence-electron chi connectivity index (χ4n) is 2.50. The number of halogens is 1. The summed E-state index contributed by atoms with van der Waals surface area (Å²) >= 11 is 5.98. The maximum absolute atomic E-state index is 12.4. The molecule has 2 amide bonds. The number of benzene rings is 1. The van der Waals surface area contributed by atoms with Crippen molar-refractivity contribution in [3.63, 3.8) is 0 Å². The second kappa shape index (κ2) is 7.35. The number of likely N-dealkylation sites (tertiary alicyclic amines) is 1. The molecule has 3 rings (SSSR count). The van der Waals surface area contributed by atoms with E-state index in [0.29, 0.717) is 35.4 Å². The number of ether oxygens (including phenoxy) is 2. The maximum atomic E-state index is 12.4. The van der Waals surface area contributed by atoms with Crippen LogP contribution < -0.4 is 14.8 Å². The molecule has 0 bridgehead atoms. The fourth-order valence-corrected chi connectivity index (χ4v) is 2.67. The molecule has 1 aromatic carbocycles. The summed E-state index contributed by atoms with van der Waals surface area (Å²) in [4.78, 5) is 22.0. The number of nitrogens with one attached hydrogen (secondary N) is 1. The van der Waals surface area contributed by atoms with Crippen LogP contribution in [-0.4, -0.2) is 47.2 Å². The van der Waals surface area contributed by atoms with Crippen molar-refractivity contribution in [2.24, 2.45) is 0 Å². The summed E-state index contributed by atoms with van der Waals surface area (Å²) in [6, 6.07) is 6.55. The van der Waals surface area contributed by atoms with E-state index in [4.69, 9.17) is 21.1 Å². The van der Waals surface area contributed by atoms with Gasteiger partial charge >= 0.3 is 6.03 Å². The Bertz CT molecular complexity index is 714.